The van der Waals surface area contributed by atoms with E-state index in [1.54, 1.807) is 6.07 Å². The molecule has 9 heteroatoms. The summed E-state index contributed by atoms with van der Waals surface area (Å²) >= 11 is 0. The summed E-state index contributed by atoms with van der Waals surface area (Å²) in [5.41, 5.74) is -1.98. The summed E-state index contributed by atoms with van der Waals surface area (Å²) in [5.74, 6) is -1.50. The molecule has 0 unspecified atom stereocenters. The van der Waals surface area contributed by atoms with Crippen LogP contribution in [0.1, 0.15) is 35.8 Å². The first-order valence-corrected chi connectivity index (χ1v) is 7.96. The molecule has 1 amide bonds. The number of rotatable bonds is 4. The van der Waals surface area contributed by atoms with Crippen LogP contribution in [-0.4, -0.2) is 26.8 Å². The Morgan fingerprint density at radius 2 is 2.00 bits per heavy atom. The number of halogens is 3. The number of benzene rings is 1. The van der Waals surface area contributed by atoms with Crippen molar-refractivity contribution in [2.24, 2.45) is 11.8 Å². The van der Waals surface area contributed by atoms with Crippen molar-refractivity contribution >= 4 is 17.6 Å². The normalized spacial score (nSPS) is 19.7. The van der Waals surface area contributed by atoms with Crippen molar-refractivity contribution in [3.63, 3.8) is 0 Å². The average molecular weight is 367 g/mol. The highest BCUT2D eigenvalue weighted by molar-refractivity contribution is 5.93. The number of carboxylic acid groups (broad SMARTS) is 1. The van der Waals surface area contributed by atoms with Gasteiger partial charge in [0.1, 0.15) is 5.56 Å². The summed E-state index contributed by atoms with van der Waals surface area (Å²) in [6.45, 7) is 2.04. The molecule has 138 valence electrons. The summed E-state index contributed by atoms with van der Waals surface area (Å²) in [6, 6.07) is 5.71. The minimum atomic E-state index is -4.90. The second kappa shape index (κ2) is 6.47. The number of hydrogen-bond donors (Lipinski definition) is 2. The van der Waals surface area contributed by atoms with Crippen LogP contribution >= 0.6 is 0 Å². The second-order valence-corrected chi connectivity index (χ2v) is 6.43. The lowest BCUT2D eigenvalue weighted by Gasteiger charge is -2.31. The summed E-state index contributed by atoms with van der Waals surface area (Å²) in [5, 5.41) is 15.2. The first kappa shape index (κ1) is 18.0. The minimum Gasteiger partial charge on any atom is -0.478 e. The lowest BCUT2D eigenvalue weighted by atomic mass is 9.75. The Hall–Kier alpha value is -2.84. The molecule has 0 bridgehead atoms. The quantitative estimate of drug-likeness (QED) is 0.865. The molecule has 2 N–H and O–H groups in total. The Morgan fingerprint density at radius 3 is 2.58 bits per heavy atom. The number of amides is 1. The summed E-state index contributed by atoms with van der Waals surface area (Å²) in [7, 11) is 0. The Labute approximate surface area is 146 Å². The number of carbonyl (C=O) groups is 2. The van der Waals surface area contributed by atoms with E-state index in [0.717, 1.165) is 12.8 Å². The number of aromatic nitrogens is 2. The molecule has 0 spiro atoms. The summed E-state index contributed by atoms with van der Waals surface area (Å²) in [6.07, 6.45) is -2.67. The molecule has 1 heterocycles. The third-order valence-corrected chi connectivity index (χ3v) is 4.37. The number of carbonyl (C=O) groups excluding carboxylic acids is 1. The van der Waals surface area contributed by atoms with E-state index in [2.05, 4.69) is 10.4 Å². The highest BCUT2D eigenvalue weighted by Gasteiger charge is 2.40. The largest absolute Gasteiger partial charge is 0.478 e. The van der Waals surface area contributed by atoms with E-state index < -0.39 is 23.4 Å². The highest BCUT2D eigenvalue weighted by Crippen LogP contribution is 2.35. The molecule has 1 aliphatic carbocycles. The Bertz CT molecular complexity index is 854. The molecule has 0 saturated heterocycles. The van der Waals surface area contributed by atoms with Crippen LogP contribution in [0.3, 0.4) is 0 Å². The topological polar surface area (TPSA) is 84.2 Å². The van der Waals surface area contributed by atoms with Gasteiger partial charge in [-0.1, -0.05) is 13.0 Å². The molecule has 0 aliphatic heterocycles. The third-order valence-electron chi connectivity index (χ3n) is 4.37. The van der Waals surface area contributed by atoms with Gasteiger partial charge >= 0.3 is 12.1 Å². The molecule has 1 aromatic carbocycles. The summed E-state index contributed by atoms with van der Waals surface area (Å²) < 4.78 is 40.4. The fourth-order valence-electron chi connectivity index (χ4n) is 3.05. The van der Waals surface area contributed by atoms with Crippen molar-refractivity contribution in [3.8, 4) is 5.69 Å². The van der Waals surface area contributed by atoms with Crippen LogP contribution < -0.4 is 5.32 Å². The highest BCUT2D eigenvalue weighted by atomic mass is 19.4. The lowest BCUT2D eigenvalue weighted by molar-refractivity contribution is -0.143. The van der Waals surface area contributed by atoms with Crippen molar-refractivity contribution in [2.75, 3.05) is 5.32 Å². The van der Waals surface area contributed by atoms with Crippen LogP contribution in [0, 0.1) is 11.8 Å². The van der Waals surface area contributed by atoms with Crippen LogP contribution in [0.25, 0.3) is 5.69 Å². The van der Waals surface area contributed by atoms with Gasteiger partial charge in [-0.2, -0.15) is 18.3 Å². The van der Waals surface area contributed by atoms with E-state index in [9.17, 15) is 22.8 Å². The van der Waals surface area contributed by atoms with Crippen molar-refractivity contribution in [3.05, 3.63) is 41.7 Å². The maximum absolute atomic E-state index is 13.3. The molecule has 0 radical (unpaired) electrons. The smallest absolute Gasteiger partial charge is 0.434 e. The monoisotopic (exact) mass is 367 g/mol. The van der Waals surface area contributed by atoms with E-state index in [1.807, 2.05) is 6.92 Å². The van der Waals surface area contributed by atoms with Crippen LogP contribution in [-0.2, 0) is 11.0 Å². The SMILES string of the molecule is CC1CC(C(=O)Nc2cccc(-n3ncc(C(=O)O)c3C(F)(F)F)c2)C1. The van der Waals surface area contributed by atoms with Gasteiger partial charge in [0, 0.05) is 11.6 Å². The van der Waals surface area contributed by atoms with Gasteiger partial charge in [0.25, 0.3) is 0 Å². The molecule has 2 aromatic rings. The second-order valence-electron chi connectivity index (χ2n) is 6.43. The number of nitrogens with one attached hydrogen (secondary N) is 1. The predicted octanol–water partition coefficient (Wildman–Crippen LogP) is 3.57. The standard InChI is InChI=1S/C17H16F3N3O3/c1-9-5-10(6-9)15(24)22-11-3-2-4-12(7-11)23-14(17(18,19)20)13(8-21-23)16(25)26/h2-4,7-10H,5-6H2,1H3,(H,22,24)(H,25,26). The number of nitrogens with zero attached hydrogens (tertiary/aromatic N) is 2. The molecule has 1 saturated carbocycles. The predicted molar refractivity (Wildman–Crippen MR) is 86.0 cm³/mol. The van der Waals surface area contributed by atoms with Gasteiger partial charge in [-0.25, -0.2) is 9.48 Å². The third kappa shape index (κ3) is 3.42. The molecule has 26 heavy (non-hydrogen) atoms. The fourth-order valence-corrected chi connectivity index (χ4v) is 3.05. The van der Waals surface area contributed by atoms with E-state index in [-0.39, 0.29) is 17.5 Å². The molecule has 1 aromatic heterocycles. The number of hydrogen-bond acceptors (Lipinski definition) is 3. The Balaban J connectivity index is 1.91. The van der Waals surface area contributed by atoms with E-state index in [1.165, 1.54) is 18.2 Å². The zero-order chi connectivity index (χ0) is 19.1. The molecule has 1 fully saturated rings. The first-order valence-electron chi connectivity index (χ1n) is 7.96. The first-order chi connectivity index (χ1) is 12.2. The Morgan fingerprint density at radius 1 is 1.31 bits per heavy atom. The zero-order valence-corrected chi connectivity index (χ0v) is 13.7. The maximum Gasteiger partial charge on any atom is 0.434 e. The number of carboxylic acids is 1. The van der Waals surface area contributed by atoms with Gasteiger partial charge in [-0.05, 0) is 37.0 Å². The number of anilines is 1. The van der Waals surface area contributed by atoms with E-state index in [0.29, 0.717) is 22.5 Å². The van der Waals surface area contributed by atoms with Crippen LogP contribution in [0.4, 0.5) is 18.9 Å². The van der Waals surface area contributed by atoms with Crippen LogP contribution in [0.15, 0.2) is 30.5 Å². The van der Waals surface area contributed by atoms with Crippen molar-refractivity contribution < 1.29 is 27.9 Å². The summed E-state index contributed by atoms with van der Waals surface area (Å²) in [4.78, 5) is 23.2. The van der Waals surface area contributed by atoms with Crippen molar-refractivity contribution in [1.29, 1.82) is 0 Å². The van der Waals surface area contributed by atoms with Crippen molar-refractivity contribution in [1.82, 2.24) is 9.78 Å². The van der Waals surface area contributed by atoms with E-state index in [4.69, 9.17) is 5.11 Å². The molecule has 3 rings (SSSR count). The number of alkyl halides is 3. The lowest BCUT2D eigenvalue weighted by Crippen LogP contribution is -2.33. The van der Waals surface area contributed by atoms with Crippen LogP contribution in [0.2, 0.25) is 0 Å². The molecular formula is C17H16F3N3O3. The van der Waals surface area contributed by atoms with Gasteiger partial charge in [0.15, 0.2) is 5.69 Å². The van der Waals surface area contributed by atoms with Crippen molar-refractivity contribution in [2.45, 2.75) is 25.9 Å². The minimum absolute atomic E-state index is 0.00426. The van der Waals surface area contributed by atoms with Gasteiger partial charge in [0.2, 0.25) is 5.91 Å². The number of aromatic carboxylic acids is 1. The average Bonchev–Trinajstić information content (AvgIpc) is 2.97. The van der Waals surface area contributed by atoms with Gasteiger partial charge < -0.3 is 10.4 Å². The zero-order valence-electron chi connectivity index (χ0n) is 13.7. The van der Waals surface area contributed by atoms with E-state index >= 15 is 0 Å². The molecule has 6 nitrogen and oxygen atoms in total. The van der Waals surface area contributed by atoms with Crippen LogP contribution in [0.5, 0.6) is 0 Å². The van der Waals surface area contributed by atoms with Gasteiger partial charge in [-0.15, -0.1) is 0 Å². The van der Waals surface area contributed by atoms with Gasteiger partial charge in [0.05, 0.1) is 11.9 Å². The Kier molecular flexibility index (Phi) is 4.47. The molecule has 1 aliphatic rings. The molecule has 0 atom stereocenters. The fraction of sp³-hybridized carbons (Fsp3) is 0.353. The maximum atomic E-state index is 13.3. The van der Waals surface area contributed by atoms with Gasteiger partial charge in [-0.3, -0.25) is 4.79 Å². The molecular weight excluding hydrogens is 351 g/mol.